The second-order valence-electron chi connectivity index (χ2n) is 11.6. The molecule has 0 aromatic heterocycles. The summed E-state index contributed by atoms with van der Waals surface area (Å²) in [4.78, 5) is 29.9. The Hall–Kier alpha value is -5.30. The summed E-state index contributed by atoms with van der Waals surface area (Å²) in [5, 5.41) is 2.95. The first-order chi connectivity index (χ1) is 24.6. The number of sulfonamides is 1. The molecule has 13 heteroatoms. The maximum Gasteiger partial charge on any atom is 0.265 e. The van der Waals surface area contributed by atoms with E-state index < -0.39 is 40.2 Å². The fourth-order valence-corrected chi connectivity index (χ4v) is 6.89. The number of nitrogens with one attached hydrogen (secondary N) is 1. The molecule has 0 fully saturated rings. The number of ether oxygens (including phenoxy) is 4. The van der Waals surface area contributed by atoms with E-state index >= 15 is 0 Å². The van der Waals surface area contributed by atoms with Crippen LogP contribution in [0.1, 0.15) is 30.9 Å². The lowest BCUT2D eigenvalue weighted by Crippen LogP contribution is -2.53. The molecule has 0 spiro atoms. The summed E-state index contributed by atoms with van der Waals surface area (Å²) in [6, 6.07) is 22.4. The van der Waals surface area contributed by atoms with Gasteiger partial charge in [-0.25, -0.2) is 12.8 Å². The monoisotopic (exact) mass is 721 g/mol. The topological polar surface area (TPSA) is 124 Å². The van der Waals surface area contributed by atoms with Crippen LogP contribution in [-0.2, 0) is 32.6 Å². The van der Waals surface area contributed by atoms with Gasteiger partial charge in [0.1, 0.15) is 29.9 Å². The Kier molecular flexibility index (Phi) is 13.7. The van der Waals surface area contributed by atoms with Crippen molar-refractivity contribution in [1.82, 2.24) is 10.2 Å². The lowest BCUT2D eigenvalue weighted by Gasteiger charge is -2.34. The highest BCUT2D eigenvalue weighted by Gasteiger charge is 2.36. The van der Waals surface area contributed by atoms with Gasteiger partial charge < -0.3 is 29.2 Å². The zero-order valence-corrected chi connectivity index (χ0v) is 30.2. The number of nitrogens with zero attached hydrogens (tertiary/aromatic N) is 2. The number of hydrogen-bond donors (Lipinski definition) is 1. The van der Waals surface area contributed by atoms with Gasteiger partial charge in [-0.15, -0.1) is 0 Å². The Morgan fingerprint density at radius 3 is 2.08 bits per heavy atom. The average Bonchev–Trinajstić information content (AvgIpc) is 3.15. The Morgan fingerprint density at radius 1 is 0.784 bits per heavy atom. The lowest BCUT2D eigenvalue weighted by molar-refractivity contribution is -0.140. The molecule has 2 amide bonds. The molecule has 0 aliphatic carbocycles. The third-order valence-electron chi connectivity index (χ3n) is 8.24. The van der Waals surface area contributed by atoms with Gasteiger partial charge in [-0.2, -0.15) is 0 Å². The number of hydrogen-bond acceptors (Lipinski definition) is 8. The molecule has 0 heterocycles. The van der Waals surface area contributed by atoms with Gasteiger partial charge in [-0.1, -0.05) is 55.8 Å². The van der Waals surface area contributed by atoms with E-state index in [1.807, 2.05) is 37.3 Å². The van der Waals surface area contributed by atoms with Crippen molar-refractivity contribution in [3.05, 3.63) is 108 Å². The Bertz CT molecular complexity index is 1870. The summed E-state index contributed by atoms with van der Waals surface area (Å²) >= 11 is 0. The van der Waals surface area contributed by atoms with Crippen LogP contribution < -0.4 is 28.6 Å². The van der Waals surface area contributed by atoms with Crippen LogP contribution in [0.4, 0.5) is 10.1 Å². The molecule has 51 heavy (non-hydrogen) atoms. The molecular formula is C38H44FN3O8S. The average molecular weight is 722 g/mol. The maximum absolute atomic E-state index is 14.8. The summed E-state index contributed by atoms with van der Waals surface area (Å²) in [7, 11) is 1.09. The van der Waals surface area contributed by atoms with E-state index in [9.17, 15) is 22.4 Å². The van der Waals surface area contributed by atoms with Crippen LogP contribution in [0.25, 0.3) is 0 Å². The molecule has 0 saturated heterocycles. The smallest absolute Gasteiger partial charge is 0.265 e. The number of anilines is 1. The van der Waals surface area contributed by atoms with Gasteiger partial charge in [0, 0.05) is 31.6 Å². The van der Waals surface area contributed by atoms with Crippen molar-refractivity contribution in [3.63, 3.8) is 0 Å². The molecule has 1 N–H and O–H groups in total. The quantitative estimate of drug-likeness (QED) is 0.132. The number of carbonyl (C=O) groups excluding carboxylic acids is 2. The van der Waals surface area contributed by atoms with Crippen LogP contribution in [0.2, 0.25) is 0 Å². The van der Waals surface area contributed by atoms with Crippen molar-refractivity contribution in [2.45, 2.75) is 43.7 Å². The summed E-state index contributed by atoms with van der Waals surface area (Å²) in [6.07, 6.45) is 1.70. The number of unbranched alkanes of at least 4 members (excludes halogenated alkanes) is 1. The lowest BCUT2D eigenvalue weighted by atomic mass is 10.0. The molecule has 4 aromatic carbocycles. The summed E-state index contributed by atoms with van der Waals surface area (Å²) in [6.45, 7) is 1.53. The molecule has 0 saturated carbocycles. The molecule has 0 bridgehead atoms. The summed E-state index contributed by atoms with van der Waals surface area (Å²) in [5.41, 5.74) is 1.35. The highest BCUT2D eigenvalue weighted by molar-refractivity contribution is 7.92. The standard InChI is InChI=1S/C38H44FN3O8S/c1-6-7-21-40-38(44)33(22-27-11-9-8-10-12-27)41(25-28-13-15-29(39)16-14-28)37(43)26-42(32-23-30(47-2)17-19-34(32)48-3)51(45,46)31-18-20-35(49-4)36(24-31)50-5/h8-20,23-24,33H,6-7,21-22,25-26H2,1-5H3,(H,40,44). The molecule has 4 rings (SSSR count). The number of benzene rings is 4. The van der Waals surface area contributed by atoms with Gasteiger partial charge >= 0.3 is 0 Å². The van der Waals surface area contributed by atoms with Gasteiger partial charge in [-0.05, 0) is 53.9 Å². The van der Waals surface area contributed by atoms with Gasteiger partial charge in [0.05, 0.1) is 39.0 Å². The van der Waals surface area contributed by atoms with E-state index in [4.69, 9.17) is 18.9 Å². The molecule has 0 aliphatic heterocycles. The Balaban J connectivity index is 1.88. The predicted molar refractivity (Wildman–Crippen MR) is 192 cm³/mol. The van der Waals surface area contributed by atoms with Crippen LogP contribution in [0.15, 0.2) is 95.9 Å². The van der Waals surface area contributed by atoms with Crippen molar-refractivity contribution < 1.29 is 41.3 Å². The highest BCUT2D eigenvalue weighted by atomic mass is 32.2. The first kappa shape index (κ1) is 38.5. The van der Waals surface area contributed by atoms with Crippen molar-refractivity contribution in [2.24, 2.45) is 0 Å². The van der Waals surface area contributed by atoms with E-state index in [0.717, 1.165) is 22.7 Å². The summed E-state index contributed by atoms with van der Waals surface area (Å²) < 4.78 is 65.8. The van der Waals surface area contributed by atoms with E-state index in [1.54, 1.807) is 6.07 Å². The maximum atomic E-state index is 14.8. The van der Waals surface area contributed by atoms with Gasteiger partial charge in [0.25, 0.3) is 10.0 Å². The van der Waals surface area contributed by atoms with Gasteiger partial charge in [-0.3, -0.25) is 13.9 Å². The highest BCUT2D eigenvalue weighted by Crippen LogP contribution is 2.38. The summed E-state index contributed by atoms with van der Waals surface area (Å²) in [5.74, 6) is -0.640. The molecule has 1 atom stereocenters. The number of methoxy groups -OCH3 is 4. The van der Waals surface area contributed by atoms with Crippen molar-refractivity contribution in [3.8, 4) is 23.0 Å². The van der Waals surface area contributed by atoms with Crippen LogP contribution in [0, 0.1) is 5.82 Å². The number of rotatable bonds is 18. The van der Waals surface area contributed by atoms with Crippen molar-refractivity contribution in [1.29, 1.82) is 0 Å². The van der Waals surface area contributed by atoms with E-state index in [2.05, 4.69) is 5.32 Å². The molecule has 4 aromatic rings. The van der Waals surface area contributed by atoms with E-state index in [1.165, 1.54) is 87.9 Å². The first-order valence-corrected chi connectivity index (χ1v) is 17.8. The van der Waals surface area contributed by atoms with Crippen LogP contribution in [-0.4, -0.2) is 72.7 Å². The second kappa shape index (κ2) is 18.1. The molecule has 0 radical (unpaired) electrons. The van der Waals surface area contributed by atoms with Crippen LogP contribution in [0.5, 0.6) is 23.0 Å². The molecule has 0 aliphatic rings. The van der Waals surface area contributed by atoms with E-state index in [0.29, 0.717) is 23.6 Å². The molecule has 11 nitrogen and oxygen atoms in total. The fourth-order valence-electron chi connectivity index (χ4n) is 5.46. The minimum absolute atomic E-state index is 0.0220. The normalized spacial score (nSPS) is 11.6. The minimum Gasteiger partial charge on any atom is -0.497 e. The zero-order chi connectivity index (χ0) is 37.0. The second-order valence-corrected chi connectivity index (χ2v) is 13.4. The number of carbonyl (C=O) groups is 2. The van der Waals surface area contributed by atoms with Crippen molar-refractivity contribution in [2.75, 3.05) is 45.8 Å². The minimum atomic E-state index is -4.53. The van der Waals surface area contributed by atoms with Crippen LogP contribution in [0.3, 0.4) is 0 Å². The Labute approximate surface area is 298 Å². The zero-order valence-electron chi connectivity index (χ0n) is 29.4. The number of halogens is 1. The van der Waals surface area contributed by atoms with Gasteiger partial charge in [0.15, 0.2) is 11.5 Å². The molecule has 1 unspecified atom stereocenters. The fraction of sp³-hybridized carbons (Fsp3) is 0.316. The number of amides is 2. The predicted octanol–water partition coefficient (Wildman–Crippen LogP) is 5.61. The SMILES string of the molecule is CCCCNC(=O)C(Cc1ccccc1)N(Cc1ccc(F)cc1)C(=O)CN(c1cc(OC)ccc1OC)S(=O)(=O)c1ccc(OC)c(OC)c1. The molecule has 272 valence electrons. The Morgan fingerprint density at radius 2 is 1.45 bits per heavy atom. The first-order valence-electron chi connectivity index (χ1n) is 16.4. The van der Waals surface area contributed by atoms with E-state index in [-0.39, 0.29) is 35.0 Å². The third kappa shape index (κ3) is 9.69. The van der Waals surface area contributed by atoms with Crippen molar-refractivity contribution >= 4 is 27.5 Å². The largest absolute Gasteiger partial charge is 0.497 e. The van der Waals surface area contributed by atoms with Gasteiger partial charge in [0.2, 0.25) is 11.8 Å². The van der Waals surface area contributed by atoms with Crippen LogP contribution >= 0.6 is 0 Å². The third-order valence-corrected chi connectivity index (χ3v) is 10.00. The molecular weight excluding hydrogens is 677 g/mol.